The van der Waals surface area contributed by atoms with Gasteiger partial charge in [-0.05, 0) is 32.2 Å². The average Bonchev–Trinajstić information content (AvgIpc) is 2.88. The first kappa shape index (κ1) is 10.3. The molecule has 3 rings (SSSR count). The molecule has 1 aromatic heterocycles. The molecular weight excluding hydrogens is 202 g/mol. The van der Waals surface area contributed by atoms with Crippen molar-refractivity contribution >= 4 is 0 Å². The van der Waals surface area contributed by atoms with Gasteiger partial charge in [0.15, 0.2) is 5.82 Å². The van der Waals surface area contributed by atoms with Gasteiger partial charge in [-0.15, -0.1) is 0 Å². The molecule has 4 nitrogen and oxygen atoms in total. The molecule has 1 unspecified atom stereocenters. The van der Waals surface area contributed by atoms with Gasteiger partial charge in [-0.3, -0.25) is 0 Å². The van der Waals surface area contributed by atoms with E-state index in [1.54, 1.807) is 0 Å². The fourth-order valence-electron chi connectivity index (χ4n) is 2.30. The van der Waals surface area contributed by atoms with Crippen molar-refractivity contribution in [2.24, 2.45) is 0 Å². The van der Waals surface area contributed by atoms with Crippen LogP contribution in [-0.2, 0) is 11.8 Å². The lowest BCUT2D eigenvalue weighted by molar-refractivity contribution is 0.328. The van der Waals surface area contributed by atoms with Crippen molar-refractivity contribution in [1.29, 1.82) is 0 Å². The molecule has 1 atom stereocenters. The van der Waals surface area contributed by atoms with Gasteiger partial charge in [-0.1, -0.05) is 18.5 Å². The molecular formula is C12H19N3O. The van der Waals surface area contributed by atoms with Crippen LogP contribution >= 0.6 is 0 Å². The van der Waals surface area contributed by atoms with Crippen LogP contribution in [0.25, 0.3) is 0 Å². The number of hydrogen-bond donors (Lipinski definition) is 1. The Kier molecular flexibility index (Phi) is 2.46. The first-order valence-electron chi connectivity index (χ1n) is 6.33. The second-order valence-corrected chi connectivity index (χ2v) is 5.42. The maximum absolute atomic E-state index is 5.33. The summed E-state index contributed by atoms with van der Waals surface area (Å²) in [5.74, 6) is 1.72. The van der Waals surface area contributed by atoms with Crippen molar-refractivity contribution < 1.29 is 4.52 Å². The number of aromatic nitrogens is 2. The molecule has 2 fully saturated rings. The van der Waals surface area contributed by atoms with E-state index in [9.17, 15) is 0 Å². The Morgan fingerprint density at radius 2 is 2.31 bits per heavy atom. The molecule has 88 valence electrons. The van der Waals surface area contributed by atoms with Gasteiger partial charge in [0.2, 0.25) is 5.89 Å². The molecule has 1 aliphatic heterocycles. The molecule has 1 aromatic rings. The Morgan fingerprint density at radius 1 is 1.44 bits per heavy atom. The van der Waals surface area contributed by atoms with Crippen molar-refractivity contribution in [2.75, 3.05) is 6.54 Å². The van der Waals surface area contributed by atoms with E-state index in [-0.39, 0.29) is 5.41 Å². The predicted molar refractivity (Wildman–Crippen MR) is 60.2 cm³/mol. The van der Waals surface area contributed by atoms with Gasteiger partial charge in [0.1, 0.15) is 0 Å². The number of hydrogen-bond acceptors (Lipinski definition) is 4. The third-order valence-electron chi connectivity index (χ3n) is 3.84. The smallest absolute Gasteiger partial charge is 0.228 e. The monoisotopic (exact) mass is 221 g/mol. The van der Waals surface area contributed by atoms with Gasteiger partial charge in [-0.25, -0.2) is 0 Å². The van der Waals surface area contributed by atoms with Gasteiger partial charge in [0, 0.05) is 17.9 Å². The highest BCUT2D eigenvalue weighted by Crippen LogP contribution is 2.45. The number of piperidine rings is 1. The third kappa shape index (κ3) is 1.98. The van der Waals surface area contributed by atoms with Crippen LogP contribution in [0.3, 0.4) is 0 Å². The van der Waals surface area contributed by atoms with Crippen molar-refractivity contribution in [3.8, 4) is 0 Å². The summed E-state index contributed by atoms with van der Waals surface area (Å²) in [5, 5.41) is 7.60. The summed E-state index contributed by atoms with van der Waals surface area (Å²) in [6, 6.07) is 0.536. The summed E-state index contributed by atoms with van der Waals surface area (Å²) < 4.78 is 5.33. The zero-order chi connectivity index (χ0) is 11.0. The predicted octanol–water partition coefficient (Wildman–Crippen LogP) is 1.81. The Hall–Kier alpha value is -0.900. The van der Waals surface area contributed by atoms with Crippen LogP contribution in [0.5, 0.6) is 0 Å². The maximum Gasteiger partial charge on any atom is 0.228 e. The van der Waals surface area contributed by atoms with Crippen LogP contribution in [0.15, 0.2) is 4.52 Å². The summed E-state index contributed by atoms with van der Waals surface area (Å²) >= 11 is 0. The Morgan fingerprint density at radius 3 is 3.00 bits per heavy atom. The Balaban J connectivity index is 1.63. The van der Waals surface area contributed by atoms with E-state index in [1.165, 1.54) is 32.1 Å². The first-order valence-corrected chi connectivity index (χ1v) is 6.33. The fraction of sp³-hybridized carbons (Fsp3) is 0.833. The zero-order valence-corrected chi connectivity index (χ0v) is 9.83. The summed E-state index contributed by atoms with van der Waals surface area (Å²) in [6.07, 6.45) is 7.14. The van der Waals surface area contributed by atoms with Crippen molar-refractivity contribution in [1.82, 2.24) is 15.5 Å². The summed E-state index contributed by atoms with van der Waals surface area (Å²) in [5.41, 5.74) is 0.224. The van der Waals surface area contributed by atoms with Crippen LogP contribution in [0.1, 0.15) is 50.7 Å². The van der Waals surface area contributed by atoms with E-state index < -0.39 is 0 Å². The largest absolute Gasteiger partial charge is 0.339 e. The molecule has 2 aliphatic rings. The summed E-state index contributed by atoms with van der Waals surface area (Å²) in [7, 11) is 0. The number of rotatable bonds is 3. The topological polar surface area (TPSA) is 51.0 Å². The highest BCUT2D eigenvalue weighted by molar-refractivity contribution is 5.14. The summed E-state index contributed by atoms with van der Waals surface area (Å²) in [6.45, 7) is 3.34. The summed E-state index contributed by atoms with van der Waals surface area (Å²) in [4.78, 5) is 4.52. The molecule has 1 saturated carbocycles. The lowest BCUT2D eigenvalue weighted by Crippen LogP contribution is -2.35. The van der Waals surface area contributed by atoms with Crippen LogP contribution < -0.4 is 5.32 Å². The highest BCUT2D eigenvalue weighted by Gasteiger charge is 2.43. The SMILES string of the molecule is CC1(c2noc(CC3CCCCN3)n2)CC1. The Bertz CT molecular complexity index is 364. The van der Waals surface area contributed by atoms with Crippen LogP contribution in [0.4, 0.5) is 0 Å². The van der Waals surface area contributed by atoms with Crippen LogP contribution in [0.2, 0.25) is 0 Å². The minimum absolute atomic E-state index is 0.224. The van der Waals surface area contributed by atoms with Crippen LogP contribution in [0, 0.1) is 0 Å². The fourth-order valence-corrected chi connectivity index (χ4v) is 2.30. The van der Waals surface area contributed by atoms with E-state index >= 15 is 0 Å². The molecule has 16 heavy (non-hydrogen) atoms. The van der Waals surface area contributed by atoms with Gasteiger partial charge in [0.05, 0.1) is 0 Å². The molecule has 0 bridgehead atoms. The van der Waals surface area contributed by atoms with Crippen molar-refractivity contribution in [3.63, 3.8) is 0 Å². The second-order valence-electron chi connectivity index (χ2n) is 5.42. The van der Waals surface area contributed by atoms with E-state index in [0.29, 0.717) is 6.04 Å². The average molecular weight is 221 g/mol. The molecule has 0 radical (unpaired) electrons. The molecule has 0 aromatic carbocycles. The van der Waals surface area contributed by atoms with E-state index in [1.807, 2.05) is 0 Å². The highest BCUT2D eigenvalue weighted by atomic mass is 16.5. The number of nitrogens with one attached hydrogen (secondary N) is 1. The number of nitrogens with zero attached hydrogens (tertiary/aromatic N) is 2. The van der Waals surface area contributed by atoms with Crippen molar-refractivity contribution in [3.05, 3.63) is 11.7 Å². The molecule has 0 spiro atoms. The van der Waals surface area contributed by atoms with Crippen molar-refractivity contribution in [2.45, 2.75) is 56.9 Å². The minimum atomic E-state index is 0.224. The second kappa shape index (κ2) is 3.84. The van der Waals surface area contributed by atoms with Gasteiger partial charge < -0.3 is 9.84 Å². The van der Waals surface area contributed by atoms with Crippen LogP contribution in [-0.4, -0.2) is 22.7 Å². The van der Waals surface area contributed by atoms with Gasteiger partial charge >= 0.3 is 0 Å². The molecule has 1 N–H and O–H groups in total. The molecule has 2 heterocycles. The van der Waals surface area contributed by atoms with E-state index in [4.69, 9.17) is 4.52 Å². The normalized spacial score (nSPS) is 27.9. The lowest BCUT2D eigenvalue weighted by atomic mass is 10.0. The molecule has 1 saturated heterocycles. The molecule has 0 amide bonds. The standard InChI is InChI=1S/C12H19N3O/c1-12(5-6-12)11-14-10(16-15-11)8-9-4-2-3-7-13-9/h9,13H,2-8H2,1H3. The van der Waals surface area contributed by atoms with E-state index in [0.717, 1.165) is 24.7 Å². The lowest BCUT2D eigenvalue weighted by Gasteiger charge is -2.21. The van der Waals surface area contributed by atoms with E-state index in [2.05, 4.69) is 22.4 Å². The molecule has 1 aliphatic carbocycles. The Labute approximate surface area is 95.8 Å². The first-order chi connectivity index (χ1) is 7.76. The molecule has 4 heteroatoms. The third-order valence-corrected chi connectivity index (χ3v) is 3.84. The maximum atomic E-state index is 5.33. The van der Waals surface area contributed by atoms with Gasteiger partial charge in [0.25, 0.3) is 0 Å². The zero-order valence-electron chi connectivity index (χ0n) is 9.83. The minimum Gasteiger partial charge on any atom is -0.339 e. The quantitative estimate of drug-likeness (QED) is 0.845. The van der Waals surface area contributed by atoms with Gasteiger partial charge in [-0.2, -0.15) is 4.98 Å².